The lowest BCUT2D eigenvalue weighted by atomic mass is 10.3. The van der Waals surface area contributed by atoms with Crippen LogP contribution in [0.4, 0.5) is 22.0 Å². The standard InChI is InChI=1S/C14H14F5N3O4S/c1-7(24-2)12(23)22(25-6-10(15)16)5-8-3-4-9(27-8)11-20-13(26-21-11)14(17,18)19/h3-4,7,10H,5-6H2,1-2H3. The molecule has 0 aromatic carbocycles. The molecule has 1 atom stereocenters. The number of ether oxygens (including phenoxy) is 1. The van der Waals surface area contributed by atoms with E-state index in [9.17, 15) is 26.7 Å². The average molecular weight is 415 g/mol. The van der Waals surface area contributed by atoms with Gasteiger partial charge in [-0.05, 0) is 19.1 Å². The highest BCUT2D eigenvalue weighted by Crippen LogP contribution is 2.32. The van der Waals surface area contributed by atoms with Crippen molar-refractivity contribution in [2.24, 2.45) is 0 Å². The molecule has 2 heterocycles. The summed E-state index contributed by atoms with van der Waals surface area (Å²) in [6, 6.07) is 2.90. The summed E-state index contributed by atoms with van der Waals surface area (Å²) >= 11 is 0.955. The van der Waals surface area contributed by atoms with E-state index in [1.54, 1.807) is 0 Å². The van der Waals surface area contributed by atoms with Gasteiger partial charge in [0.25, 0.3) is 12.3 Å². The molecule has 0 spiro atoms. The SMILES string of the molecule is COC(C)C(=O)N(Cc1ccc(-c2noc(C(F)(F)F)n2)s1)OCC(F)F. The van der Waals surface area contributed by atoms with E-state index in [1.807, 2.05) is 0 Å². The van der Waals surface area contributed by atoms with E-state index < -0.39 is 37.1 Å². The number of methoxy groups -OCH3 is 1. The van der Waals surface area contributed by atoms with Gasteiger partial charge < -0.3 is 9.26 Å². The zero-order valence-corrected chi connectivity index (χ0v) is 14.8. The van der Waals surface area contributed by atoms with Crippen molar-refractivity contribution in [2.75, 3.05) is 13.7 Å². The van der Waals surface area contributed by atoms with Crippen molar-refractivity contribution in [3.05, 3.63) is 22.9 Å². The highest BCUT2D eigenvalue weighted by Gasteiger charge is 2.38. The van der Waals surface area contributed by atoms with Crippen LogP contribution in [0.25, 0.3) is 10.7 Å². The van der Waals surface area contributed by atoms with Crippen molar-refractivity contribution in [3.63, 3.8) is 0 Å². The van der Waals surface area contributed by atoms with E-state index in [2.05, 4.69) is 14.7 Å². The molecule has 0 N–H and O–H groups in total. The Morgan fingerprint density at radius 1 is 1.37 bits per heavy atom. The van der Waals surface area contributed by atoms with Crippen LogP contribution in [0.1, 0.15) is 17.7 Å². The molecule has 0 radical (unpaired) electrons. The number of thiophene rings is 1. The topological polar surface area (TPSA) is 77.7 Å². The molecule has 2 aromatic heterocycles. The molecule has 0 saturated carbocycles. The first-order valence-electron chi connectivity index (χ1n) is 7.37. The third-order valence-electron chi connectivity index (χ3n) is 3.15. The zero-order chi connectivity index (χ0) is 20.2. The third kappa shape index (κ3) is 5.68. The molecular formula is C14H14F5N3O4S. The molecule has 7 nitrogen and oxygen atoms in total. The predicted molar refractivity (Wildman–Crippen MR) is 81.6 cm³/mol. The van der Waals surface area contributed by atoms with Crippen LogP contribution in [0.3, 0.4) is 0 Å². The Bertz CT molecular complexity index is 764. The Balaban J connectivity index is 2.14. The maximum absolute atomic E-state index is 12.5. The molecule has 0 fully saturated rings. The number of rotatable bonds is 8. The first-order valence-corrected chi connectivity index (χ1v) is 8.18. The Hall–Kier alpha value is -2.12. The number of carbonyl (C=O) groups is 1. The Labute approximate surface area is 153 Å². The lowest BCUT2D eigenvalue weighted by Crippen LogP contribution is -2.39. The van der Waals surface area contributed by atoms with Crippen LogP contribution in [-0.4, -0.2) is 47.4 Å². The summed E-state index contributed by atoms with van der Waals surface area (Å²) in [6.07, 6.45) is -8.50. The molecule has 0 bridgehead atoms. The van der Waals surface area contributed by atoms with Crippen molar-refractivity contribution in [2.45, 2.75) is 32.2 Å². The zero-order valence-electron chi connectivity index (χ0n) is 14.0. The van der Waals surface area contributed by atoms with Gasteiger partial charge in [0, 0.05) is 12.0 Å². The second kappa shape index (κ2) is 8.71. The van der Waals surface area contributed by atoms with E-state index in [0.717, 1.165) is 11.3 Å². The first-order chi connectivity index (χ1) is 12.6. The minimum Gasteiger partial charge on any atom is -0.372 e. The number of carbonyl (C=O) groups excluding carboxylic acids is 1. The summed E-state index contributed by atoms with van der Waals surface area (Å²) in [5.41, 5.74) is 0. The van der Waals surface area contributed by atoms with Crippen LogP contribution in [0.15, 0.2) is 16.7 Å². The van der Waals surface area contributed by atoms with Gasteiger partial charge in [-0.25, -0.2) is 13.8 Å². The van der Waals surface area contributed by atoms with Crippen LogP contribution < -0.4 is 0 Å². The normalized spacial score (nSPS) is 13.2. The van der Waals surface area contributed by atoms with E-state index in [-0.39, 0.29) is 17.2 Å². The number of alkyl halides is 5. The number of hydrogen-bond donors (Lipinski definition) is 0. The molecule has 27 heavy (non-hydrogen) atoms. The minimum atomic E-state index is -4.77. The molecule has 0 saturated heterocycles. The van der Waals surface area contributed by atoms with Crippen LogP contribution >= 0.6 is 11.3 Å². The summed E-state index contributed by atoms with van der Waals surface area (Å²) in [4.78, 5) is 20.9. The van der Waals surface area contributed by atoms with Crippen LogP contribution in [0.5, 0.6) is 0 Å². The Morgan fingerprint density at radius 3 is 2.63 bits per heavy atom. The molecular weight excluding hydrogens is 401 g/mol. The van der Waals surface area contributed by atoms with Crippen molar-refractivity contribution in [1.82, 2.24) is 15.2 Å². The van der Waals surface area contributed by atoms with Crippen LogP contribution in [-0.2, 0) is 27.1 Å². The number of aromatic nitrogens is 2. The van der Waals surface area contributed by atoms with Gasteiger partial charge in [0.1, 0.15) is 12.7 Å². The number of hydrogen-bond acceptors (Lipinski definition) is 7. The highest BCUT2D eigenvalue weighted by atomic mass is 32.1. The predicted octanol–water partition coefficient (Wildman–Crippen LogP) is 3.38. The van der Waals surface area contributed by atoms with Crippen molar-refractivity contribution < 1.29 is 40.8 Å². The maximum Gasteiger partial charge on any atom is 0.471 e. The summed E-state index contributed by atoms with van der Waals surface area (Å²) < 4.78 is 71.3. The maximum atomic E-state index is 12.5. The summed E-state index contributed by atoms with van der Waals surface area (Å²) in [5.74, 6) is -2.46. The summed E-state index contributed by atoms with van der Waals surface area (Å²) in [6.45, 7) is 0.201. The highest BCUT2D eigenvalue weighted by molar-refractivity contribution is 7.15. The summed E-state index contributed by atoms with van der Waals surface area (Å²) in [5, 5.41) is 3.97. The second-order valence-electron chi connectivity index (χ2n) is 5.13. The molecule has 2 rings (SSSR count). The first kappa shape index (κ1) is 21.2. The molecule has 13 heteroatoms. The Morgan fingerprint density at radius 2 is 2.07 bits per heavy atom. The molecule has 1 unspecified atom stereocenters. The van der Waals surface area contributed by atoms with Gasteiger partial charge in [0.2, 0.25) is 5.82 Å². The smallest absolute Gasteiger partial charge is 0.372 e. The second-order valence-corrected chi connectivity index (χ2v) is 6.29. The number of amides is 1. The molecule has 150 valence electrons. The molecule has 0 aliphatic heterocycles. The van der Waals surface area contributed by atoms with E-state index in [4.69, 9.17) is 9.57 Å². The number of nitrogens with zero attached hydrogens (tertiary/aromatic N) is 3. The fourth-order valence-electron chi connectivity index (χ4n) is 1.80. The lowest BCUT2D eigenvalue weighted by molar-refractivity contribution is -0.209. The number of halogens is 5. The summed E-state index contributed by atoms with van der Waals surface area (Å²) in [7, 11) is 1.27. The van der Waals surface area contributed by atoms with E-state index >= 15 is 0 Å². The fourth-order valence-corrected chi connectivity index (χ4v) is 2.71. The van der Waals surface area contributed by atoms with Crippen molar-refractivity contribution in [1.29, 1.82) is 0 Å². The minimum absolute atomic E-state index is 0.214. The van der Waals surface area contributed by atoms with Gasteiger partial charge in [0.05, 0.1) is 11.4 Å². The monoisotopic (exact) mass is 415 g/mol. The van der Waals surface area contributed by atoms with Gasteiger partial charge in [-0.2, -0.15) is 18.2 Å². The molecule has 1 amide bonds. The van der Waals surface area contributed by atoms with E-state index in [1.165, 1.54) is 26.2 Å². The van der Waals surface area contributed by atoms with Crippen molar-refractivity contribution >= 4 is 17.2 Å². The van der Waals surface area contributed by atoms with Crippen molar-refractivity contribution in [3.8, 4) is 10.7 Å². The lowest BCUT2D eigenvalue weighted by Gasteiger charge is -2.23. The van der Waals surface area contributed by atoms with Gasteiger partial charge in [-0.1, -0.05) is 5.16 Å². The van der Waals surface area contributed by atoms with Crippen LogP contribution in [0.2, 0.25) is 0 Å². The quantitative estimate of drug-likeness (QED) is 0.486. The Kier molecular flexibility index (Phi) is 6.84. The van der Waals surface area contributed by atoms with Crippen LogP contribution in [0, 0.1) is 0 Å². The fraction of sp³-hybridized carbons (Fsp3) is 0.500. The van der Waals surface area contributed by atoms with Gasteiger partial charge in [0.15, 0.2) is 0 Å². The van der Waals surface area contributed by atoms with E-state index in [0.29, 0.717) is 9.94 Å². The van der Waals surface area contributed by atoms with Gasteiger partial charge in [-0.15, -0.1) is 11.3 Å². The molecule has 0 aliphatic rings. The number of hydroxylamine groups is 2. The van der Waals surface area contributed by atoms with Gasteiger partial charge >= 0.3 is 12.1 Å². The third-order valence-corrected chi connectivity index (χ3v) is 4.22. The molecule has 2 aromatic rings. The largest absolute Gasteiger partial charge is 0.471 e. The van der Waals surface area contributed by atoms with Gasteiger partial charge in [-0.3, -0.25) is 9.63 Å². The average Bonchev–Trinajstić information content (AvgIpc) is 3.25. The molecule has 0 aliphatic carbocycles.